The van der Waals surface area contributed by atoms with E-state index in [1.165, 1.54) is 58.0 Å². The van der Waals surface area contributed by atoms with Crippen LogP contribution >= 0.6 is 11.3 Å². The van der Waals surface area contributed by atoms with Crippen molar-refractivity contribution in [1.82, 2.24) is 14.5 Å². The minimum Gasteiger partial charge on any atom is -0.290 e. The summed E-state index contributed by atoms with van der Waals surface area (Å²) < 4.78 is 4.97. The van der Waals surface area contributed by atoms with E-state index in [0.29, 0.717) is 0 Å². The molecule has 0 atom stereocenters. The molecule has 204 valence electrons. The Morgan fingerprint density at radius 3 is 1.91 bits per heavy atom. The van der Waals surface area contributed by atoms with Crippen LogP contribution < -0.4 is 0 Å². The maximum Gasteiger partial charge on any atom is 0.165 e. The van der Waals surface area contributed by atoms with Gasteiger partial charge in [-0.2, -0.15) is 0 Å². The van der Waals surface area contributed by atoms with Gasteiger partial charge in [-0.1, -0.05) is 121 Å². The normalized spacial score (nSPS) is 12.1. The van der Waals surface area contributed by atoms with E-state index in [2.05, 4.69) is 126 Å². The summed E-state index contributed by atoms with van der Waals surface area (Å²) in [6.07, 6.45) is 0. The Labute approximate surface area is 256 Å². The lowest BCUT2D eigenvalue weighted by molar-refractivity contribution is 1.08. The number of fused-ring (bicyclic) bond motifs is 12. The molecule has 0 radical (unpaired) electrons. The lowest BCUT2D eigenvalue weighted by Gasteiger charge is -2.14. The van der Waals surface area contributed by atoms with Gasteiger partial charge in [-0.15, -0.1) is 11.3 Å². The van der Waals surface area contributed by atoms with Crippen molar-refractivity contribution in [2.75, 3.05) is 0 Å². The van der Waals surface area contributed by atoms with Crippen molar-refractivity contribution in [1.29, 1.82) is 0 Å². The number of para-hydroxylation sites is 2. The van der Waals surface area contributed by atoms with Crippen LogP contribution in [0.1, 0.15) is 0 Å². The van der Waals surface area contributed by atoms with E-state index in [4.69, 9.17) is 9.97 Å². The second-order valence-corrected chi connectivity index (χ2v) is 12.4. The minimum absolute atomic E-state index is 0.847. The minimum atomic E-state index is 0.847. The Hall–Kier alpha value is -5.58. The van der Waals surface area contributed by atoms with Gasteiger partial charge in [0.25, 0.3) is 0 Å². The molecule has 3 aromatic heterocycles. The summed E-state index contributed by atoms with van der Waals surface area (Å²) in [5.41, 5.74) is 6.01. The Morgan fingerprint density at radius 1 is 0.455 bits per heavy atom. The molecule has 0 aliphatic rings. The Balaban J connectivity index is 1.46. The lowest BCUT2D eigenvalue weighted by atomic mass is 10.0. The van der Waals surface area contributed by atoms with Crippen molar-refractivity contribution in [2.45, 2.75) is 0 Å². The van der Waals surface area contributed by atoms with Crippen molar-refractivity contribution in [3.05, 3.63) is 140 Å². The molecule has 0 spiro atoms. The summed E-state index contributed by atoms with van der Waals surface area (Å²) >= 11 is 1.89. The van der Waals surface area contributed by atoms with E-state index in [0.717, 1.165) is 33.6 Å². The van der Waals surface area contributed by atoms with E-state index < -0.39 is 0 Å². The van der Waals surface area contributed by atoms with E-state index in [1.807, 2.05) is 29.5 Å². The largest absolute Gasteiger partial charge is 0.290 e. The van der Waals surface area contributed by atoms with Crippen molar-refractivity contribution < 1.29 is 0 Å². The Kier molecular flexibility index (Phi) is 4.87. The maximum atomic E-state index is 5.39. The number of thiophene rings is 1. The Bertz CT molecular complexity index is 2770. The third kappa shape index (κ3) is 3.26. The van der Waals surface area contributed by atoms with Gasteiger partial charge in [0.15, 0.2) is 5.82 Å². The first-order chi connectivity index (χ1) is 21.8. The highest BCUT2D eigenvalue weighted by molar-refractivity contribution is 7.27. The predicted octanol–water partition coefficient (Wildman–Crippen LogP) is 11.1. The van der Waals surface area contributed by atoms with E-state index >= 15 is 0 Å². The van der Waals surface area contributed by atoms with Gasteiger partial charge in [0, 0.05) is 31.8 Å². The molecule has 0 N–H and O–H groups in total. The number of rotatable bonds is 2. The molecule has 3 heterocycles. The zero-order valence-corrected chi connectivity index (χ0v) is 24.3. The quantitative estimate of drug-likeness (QED) is 0.205. The van der Waals surface area contributed by atoms with Crippen LogP contribution in [0.25, 0.3) is 91.6 Å². The van der Waals surface area contributed by atoms with E-state index in [1.54, 1.807) is 0 Å². The maximum absolute atomic E-state index is 5.39. The van der Waals surface area contributed by atoms with Crippen LogP contribution in [0.4, 0.5) is 0 Å². The molecule has 0 saturated carbocycles. The fraction of sp³-hybridized carbons (Fsp3) is 0. The third-order valence-corrected chi connectivity index (χ3v) is 10.2. The second-order valence-electron chi connectivity index (χ2n) is 11.4. The highest BCUT2D eigenvalue weighted by Gasteiger charge is 2.23. The number of nitrogens with zero attached hydrogens (tertiary/aromatic N) is 3. The average Bonchev–Trinajstić information content (AvgIpc) is 3.64. The zero-order chi connectivity index (χ0) is 28.8. The molecule has 0 fully saturated rings. The smallest absolute Gasteiger partial charge is 0.165 e. The van der Waals surface area contributed by atoms with Gasteiger partial charge in [0.2, 0.25) is 0 Å². The number of hydrogen-bond donors (Lipinski definition) is 0. The molecule has 0 saturated heterocycles. The molecule has 4 heteroatoms. The van der Waals surface area contributed by atoms with E-state index in [9.17, 15) is 0 Å². The van der Waals surface area contributed by atoms with Gasteiger partial charge in [-0.05, 0) is 39.7 Å². The number of aromatic nitrogens is 3. The lowest BCUT2D eigenvalue weighted by Crippen LogP contribution is -2.03. The topological polar surface area (TPSA) is 30.7 Å². The van der Waals surface area contributed by atoms with Gasteiger partial charge in [0.1, 0.15) is 5.69 Å². The fourth-order valence-electron chi connectivity index (χ4n) is 6.98. The first-order valence-corrected chi connectivity index (χ1v) is 15.7. The number of hydrogen-bond acceptors (Lipinski definition) is 3. The number of benzene rings is 7. The van der Waals surface area contributed by atoms with Gasteiger partial charge in [-0.25, -0.2) is 9.97 Å². The molecular weight excluding hydrogens is 555 g/mol. The third-order valence-electron chi connectivity index (χ3n) is 8.96. The molecule has 0 amide bonds. The molecule has 10 aromatic rings. The standard InChI is InChI=1S/C40H23N3S/c1-2-12-26(13-3-1)36-40(42-33-17-9-8-16-32(33)41-36)43-34-23-19-24-10-4-6-14-27(24)35(34)31-22-21-30-29-20-18-25-11-5-7-15-28(25)38(29)44-39(30)37(31)43/h1-23H. The zero-order valence-electron chi connectivity index (χ0n) is 23.5. The summed E-state index contributed by atoms with van der Waals surface area (Å²) in [5.74, 6) is 0.847. The van der Waals surface area contributed by atoms with Crippen LogP contribution in [0.15, 0.2) is 140 Å². The van der Waals surface area contributed by atoms with Gasteiger partial charge in [0.05, 0.1) is 26.8 Å². The highest BCUT2D eigenvalue weighted by Crippen LogP contribution is 2.46. The summed E-state index contributed by atoms with van der Waals surface area (Å²) in [4.78, 5) is 10.7. The van der Waals surface area contributed by atoms with Crippen LogP contribution in [-0.2, 0) is 0 Å². The van der Waals surface area contributed by atoms with Gasteiger partial charge in [-0.3, -0.25) is 4.57 Å². The summed E-state index contributed by atoms with van der Waals surface area (Å²) in [6.45, 7) is 0. The average molecular weight is 578 g/mol. The van der Waals surface area contributed by atoms with Crippen molar-refractivity contribution >= 4 is 85.9 Å². The van der Waals surface area contributed by atoms with Crippen molar-refractivity contribution in [3.63, 3.8) is 0 Å². The summed E-state index contributed by atoms with van der Waals surface area (Å²) in [6, 6.07) is 49.7. The SMILES string of the molecule is c1ccc(-c2nc3ccccc3nc2-n2c3ccc4ccccc4c3c3ccc4c5ccc6ccccc6c5sc4c32)cc1. The van der Waals surface area contributed by atoms with Gasteiger partial charge < -0.3 is 0 Å². The molecule has 0 aliphatic heterocycles. The van der Waals surface area contributed by atoms with Crippen LogP contribution in [0.2, 0.25) is 0 Å². The fourth-order valence-corrected chi connectivity index (χ4v) is 8.36. The Morgan fingerprint density at radius 2 is 1.07 bits per heavy atom. The first-order valence-electron chi connectivity index (χ1n) is 14.8. The van der Waals surface area contributed by atoms with E-state index in [-0.39, 0.29) is 0 Å². The van der Waals surface area contributed by atoms with Crippen LogP contribution in [0.5, 0.6) is 0 Å². The predicted molar refractivity (Wildman–Crippen MR) is 187 cm³/mol. The van der Waals surface area contributed by atoms with Gasteiger partial charge >= 0.3 is 0 Å². The summed E-state index contributed by atoms with van der Waals surface area (Å²) in [5, 5.41) is 10.1. The van der Waals surface area contributed by atoms with Crippen LogP contribution in [0.3, 0.4) is 0 Å². The molecule has 3 nitrogen and oxygen atoms in total. The summed E-state index contributed by atoms with van der Waals surface area (Å²) in [7, 11) is 0. The molecule has 7 aromatic carbocycles. The molecular formula is C40H23N3S. The van der Waals surface area contributed by atoms with Crippen molar-refractivity contribution in [2.24, 2.45) is 0 Å². The second kappa shape index (κ2) is 8.96. The van der Waals surface area contributed by atoms with Crippen molar-refractivity contribution in [3.8, 4) is 17.1 Å². The molecule has 10 rings (SSSR count). The van der Waals surface area contributed by atoms with Crippen LogP contribution in [-0.4, -0.2) is 14.5 Å². The monoisotopic (exact) mass is 577 g/mol. The first kappa shape index (κ1) is 23.9. The van der Waals surface area contributed by atoms with Crippen LogP contribution in [0, 0.1) is 0 Å². The molecule has 0 aliphatic carbocycles. The molecule has 44 heavy (non-hydrogen) atoms. The molecule has 0 unspecified atom stereocenters. The molecule has 0 bridgehead atoms. The highest BCUT2D eigenvalue weighted by atomic mass is 32.1.